The van der Waals surface area contributed by atoms with E-state index in [1.165, 1.54) is 17.5 Å². The van der Waals surface area contributed by atoms with Gasteiger partial charge in [-0.1, -0.05) is 6.07 Å². The highest BCUT2D eigenvalue weighted by Gasteiger charge is 2.30. The molecule has 2 aliphatic rings. The number of amides is 1. The van der Waals surface area contributed by atoms with Crippen LogP contribution < -0.4 is 15.8 Å². The Morgan fingerprint density at radius 3 is 2.92 bits per heavy atom. The molecule has 1 amide bonds. The number of hydrogen-bond donors (Lipinski definition) is 4. The predicted molar refractivity (Wildman–Crippen MR) is 141 cm³/mol. The fourth-order valence-corrected chi connectivity index (χ4v) is 5.50. The number of nitrogens with two attached hydrogens (primary N) is 1. The van der Waals surface area contributed by atoms with E-state index in [1.54, 1.807) is 18.5 Å². The van der Waals surface area contributed by atoms with E-state index in [1.807, 2.05) is 6.07 Å². The van der Waals surface area contributed by atoms with Gasteiger partial charge in [0.25, 0.3) is 0 Å². The SMILES string of the molecule is Cc1c(OCc2cnco2)ccc2c1CCN(C[C@@H](O)Cc1c(C(N)=O)ccnc1NC1CC(CO)C1)C2. The van der Waals surface area contributed by atoms with E-state index in [2.05, 4.69) is 33.2 Å². The van der Waals surface area contributed by atoms with Crippen LogP contribution in [0.15, 0.2) is 41.4 Å². The molecule has 38 heavy (non-hydrogen) atoms. The van der Waals surface area contributed by atoms with Crippen molar-refractivity contribution < 1.29 is 24.2 Å². The summed E-state index contributed by atoms with van der Waals surface area (Å²) in [7, 11) is 0. The second-order valence-corrected chi connectivity index (χ2v) is 10.3. The standard InChI is InChI=1S/C28H35N5O5/c1-17-23-5-7-33(12-19(23)2-3-26(17)37-15-22-11-30-16-38-22)13-21(35)10-25-24(27(29)36)4-6-31-28(25)32-20-8-18(9-20)14-34/h2-4,6,11,16,18,20-21,34-35H,5,7-10,12-15H2,1H3,(H2,29,36)(H,31,32)/t18?,20?,21-/m0/s1. The van der Waals surface area contributed by atoms with E-state index < -0.39 is 12.0 Å². The molecule has 0 bridgehead atoms. The number of β-amino-alcohol motifs (C(OH)–C–C–N with tert-alkyl or cyclic N) is 1. The zero-order valence-electron chi connectivity index (χ0n) is 21.6. The molecule has 2 aromatic heterocycles. The van der Waals surface area contributed by atoms with Gasteiger partial charge in [-0.15, -0.1) is 0 Å². The quantitative estimate of drug-likeness (QED) is 0.298. The number of primary amides is 1. The van der Waals surface area contributed by atoms with E-state index >= 15 is 0 Å². The fraction of sp³-hybridized carbons (Fsp3) is 0.464. The second kappa shape index (κ2) is 11.5. The van der Waals surface area contributed by atoms with Crippen LogP contribution in [-0.4, -0.2) is 62.8 Å². The lowest BCUT2D eigenvalue weighted by molar-refractivity contribution is 0.0989. The van der Waals surface area contributed by atoms with Crippen molar-refractivity contribution in [2.75, 3.05) is 25.0 Å². The third-order valence-corrected chi connectivity index (χ3v) is 7.64. The van der Waals surface area contributed by atoms with Gasteiger partial charge in [0.1, 0.15) is 18.2 Å². The molecule has 1 aliphatic heterocycles. The Labute approximate surface area is 221 Å². The predicted octanol–water partition coefficient (Wildman–Crippen LogP) is 2.20. The molecule has 10 nitrogen and oxygen atoms in total. The molecule has 0 unspecified atom stereocenters. The highest BCUT2D eigenvalue weighted by molar-refractivity contribution is 5.95. The van der Waals surface area contributed by atoms with Gasteiger partial charge < -0.3 is 30.4 Å². The molecule has 1 aliphatic carbocycles. The molecule has 1 aromatic carbocycles. The summed E-state index contributed by atoms with van der Waals surface area (Å²) >= 11 is 0. The number of carbonyl (C=O) groups is 1. The number of aliphatic hydroxyl groups excluding tert-OH is 2. The number of aromatic nitrogens is 2. The molecular weight excluding hydrogens is 486 g/mol. The molecular formula is C28H35N5O5. The Morgan fingerprint density at radius 2 is 2.18 bits per heavy atom. The molecule has 0 saturated heterocycles. The summed E-state index contributed by atoms with van der Waals surface area (Å²) in [5.41, 5.74) is 10.3. The molecule has 3 aromatic rings. The van der Waals surface area contributed by atoms with Crippen LogP contribution in [0.1, 0.15) is 51.2 Å². The average Bonchev–Trinajstić information content (AvgIpc) is 3.40. The highest BCUT2D eigenvalue weighted by Crippen LogP contribution is 2.32. The van der Waals surface area contributed by atoms with Crippen LogP contribution in [-0.2, 0) is 26.0 Å². The van der Waals surface area contributed by atoms with Gasteiger partial charge in [-0.05, 0) is 60.9 Å². The summed E-state index contributed by atoms with van der Waals surface area (Å²) in [6, 6.07) is 5.86. The number of pyridine rings is 1. The maximum Gasteiger partial charge on any atom is 0.249 e. The summed E-state index contributed by atoms with van der Waals surface area (Å²) in [6.45, 7) is 4.58. The van der Waals surface area contributed by atoms with Crippen LogP contribution in [0, 0.1) is 12.8 Å². The third kappa shape index (κ3) is 5.82. The lowest BCUT2D eigenvalue weighted by Crippen LogP contribution is -2.39. The van der Waals surface area contributed by atoms with E-state index in [0.29, 0.717) is 41.8 Å². The van der Waals surface area contributed by atoms with Gasteiger partial charge in [0.05, 0.1) is 12.3 Å². The molecule has 3 heterocycles. The molecule has 0 spiro atoms. The molecule has 10 heteroatoms. The van der Waals surface area contributed by atoms with Crippen LogP contribution in [0.2, 0.25) is 0 Å². The first kappa shape index (κ1) is 26.1. The van der Waals surface area contributed by atoms with Gasteiger partial charge in [0.2, 0.25) is 5.91 Å². The van der Waals surface area contributed by atoms with Crippen molar-refractivity contribution in [3.05, 3.63) is 70.6 Å². The monoisotopic (exact) mass is 521 g/mol. The first-order valence-corrected chi connectivity index (χ1v) is 13.1. The minimum Gasteiger partial charge on any atom is -0.485 e. The Bertz CT molecular complexity index is 1260. The summed E-state index contributed by atoms with van der Waals surface area (Å²) in [5.74, 6) is 1.85. The van der Waals surface area contributed by atoms with Crippen LogP contribution in [0.5, 0.6) is 5.75 Å². The van der Waals surface area contributed by atoms with Crippen molar-refractivity contribution in [3.8, 4) is 5.75 Å². The van der Waals surface area contributed by atoms with E-state index in [0.717, 1.165) is 43.7 Å². The zero-order chi connectivity index (χ0) is 26.6. The number of oxazole rings is 1. The minimum atomic E-state index is -0.698. The van der Waals surface area contributed by atoms with Crippen LogP contribution >= 0.6 is 0 Å². The van der Waals surface area contributed by atoms with Crippen LogP contribution in [0.3, 0.4) is 0 Å². The zero-order valence-corrected chi connectivity index (χ0v) is 21.6. The number of anilines is 1. The number of aliphatic hydroxyl groups is 2. The molecule has 5 N–H and O–H groups in total. The van der Waals surface area contributed by atoms with Crippen molar-refractivity contribution in [1.29, 1.82) is 0 Å². The molecule has 5 rings (SSSR count). The average molecular weight is 522 g/mol. The molecule has 202 valence electrons. The summed E-state index contributed by atoms with van der Waals surface area (Å²) in [6.07, 6.45) is 6.72. The maximum atomic E-state index is 12.1. The van der Waals surface area contributed by atoms with Gasteiger partial charge in [0, 0.05) is 56.0 Å². The fourth-order valence-electron chi connectivity index (χ4n) is 5.50. The topological polar surface area (TPSA) is 147 Å². The smallest absolute Gasteiger partial charge is 0.249 e. The van der Waals surface area contributed by atoms with Gasteiger partial charge in [-0.2, -0.15) is 0 Å². The number of benzene rings is 1. The van der Waals surface area contributed by atoms with E-state index in [4.69, 9.17) is 14.9 Å². The van der Waals surface area contributed by atoms with Crippen molar-refractivity contribution in [2.45, 2.75) is 57.9 Å². The Balaban J connectivity index is 1.22. The van der Waals surface area contributed by atoms with E-state index in [-0.39, 0.29) is 19.1 Å². The lowest BCUT2D eigenvalue weighted by Gasteiger charge is -2.35. The number of nitrogens with one attached hydrogen (secondary N) is 1. The van der Waals surface area contributed by atoms with Crippen molar-refractivity contribution in [1.82, 2.24) is 14.9 Å². The van der Waals surface area contributed by atoms with Gasteiger partial charge in [-0.3, -0.25) is 9.69 Å². The van der Waals surface area contributed by atoms with Crippen molar-refractivity contribution in [3.63, 3.8) is 0 Å². The number of carbonyl (C=O) groups excluding carboxylic acids is 1. The number of fused-ring (bicyclic) bond motifs is 1. The normalized spacial score (nSPS) is 19.9. The number of nitrogens with zero attached hydrogens (tertiary/aromatic N) is 3. The molecule has 1 fully saturated rings. The van der Waals surface area contributed by atoms with Gasteiger partial charge >= 0.3 is 0 Å². The van der Waals surface area contributed by atoms with Crippen LogP contribution in [0.25, 0.3) is 0 Å². The summed E-state index contributed by atoms with van der Waals surface area (Å²) in [5, 5.41) is 23.8. The lowest BCUT2D eigenvalue weighted by atomic mass is 9.81. The minimum absolute atomic E-state index is 0.175. The number of hydrogen-bond acceptors (Lipinski definition) is 9. The van der Waals surface area contributed by atoms with E-state index in [9.17, 15) is 15.0 Å². The molecule has 1 atom stereocenters. The molecule has 1 saturated carbocycles. The maximum absolute atomic E-state index is 12.1. The van der Waals surface area contributed by atoms with Gasteiger partial charge in [-0.25, -0.2) is 9.97 Å². The van der Waals surface area contributed by atoms with Crippen molar-refractivity contribution >= 4 is 11.7 Å². The highest BCUT2D eigenvalue weighted by atomic mass is 16.5. The molecule has 0 radical (unpaired) electrons. The van der Waals surface area contributed by atoms with Crippen LogP contribution in [0.4, 0.5) is 5.82 Å². The number of rotatable bonds is 11. The van der Waals surface area contributed by atoms with Gasteiger partial charge in [0.15, 0.2) is 12.2 Å². The first-order chi connectivity index (χ1) is 18.4. The first-order valence-electron chi connectivity index (χ1n) is 13.1. The second-order valence-electron chi connectivity index (χ2n) is 10.3. The Kier molecular flexibility index (Phi) is 7.92. The largest absolute Gasteiger partial charge is 0.485 e. The van der Waals surface area contributed by atoms with Crippen molar-refractivity contribution in [2.24, 2.45) is 11.7 Å². The Hall–Kier alpha value is -3.47. The summed E-state index contributed by atoms with van der Waals surface area (Å²) in [4.78, 5) is 22.7. The summed E-state index contributed by atoms with van der Waals surface area (Å²) < 4.78 is 11.2. The third-order valence-electron chi connectivity index (χ3n) is 7.64. The Morgan fingerprint density at radius 1 is 1.34 bits per heavy atom. The number of ether oxygens (including phenoxy) is 1.